The number of aryl methyl sites for hydroxylation is 1. The zero-order valence-electron chi connectivity index (χ0n) is 9.81. The molecule has 0 unspecified atom stereocenters. The van der Waals surface area contributed by atoms with Crippen LogP contribution in [0.5, 0.6) is 0 Å². The third-order valence-electron chi connectivity index (χ3n) is 2.26. The molecule has 1 amide bonds. The SMILES string of the molecule is Cc1cc[n+](NC(=O)C(F)(F)C(F)(F)C(F)(F)F)cc1. The molecule has 0 atom stereocenters. The molecule has 1 rings (SSSR count). The number of pyridine rings is 1. The molecular formula is C10H8F7N2O+. The van der Waals surface area contributed by atoms with Gasteiger partial charge in [0.15, 0.2) is 12.4 Å². The molecule has 0 aromatic carbocycles. The van der Waals surface area contributed by atoms with Gasteiger partial charge in [-0.05, 0) is 12.5 Å². The van der Waals surface area contributed by atoms with Gasteiger partial charge in [0.2, 0.25) is 0 Å². The molecule has 0 bridgehead atoms. The number of halogens is 7. The molecule has 112 valence electrons. The van der Waals surface area contributed by atoms with E-state index in [4.69, 9.17) is 0 Å². The van der Waals surface area contributed by atoms with Crippen molar-refractivity contribution in [2.24, 2.45) is 0 Å². The van der Waals surface area contributed by atoms with Crippen molar-refractivity contribution in [3.8, 4) is 0 Å². The van der Waals surface area contributed by atoms with Crippen LogP contribution in [-0.4, -0.2) is 23.9 Å². The van der Waals surface area contributed by atoms with Crippen molar-refractivity contribution in [1.82, 2.24) is 0 Å². The van der Waals surface area contributed by atoms with Crippen LogP contribution in [0, 0.1) is 6.92 Å². The molecule has 1 N–H and O–H groups in total. The Bertz CT molecular complexity index is 495. The molecule has 0 aliphatic carbocycles. The lowest BCUT2D eigenvalue weighted by molar-refractivity contribution is -0.643. The summed E-state index contributed by atoms with van der Waals surface area (Å²) in [5.41, 5.74) is 1.89. The highest BCUT2D eigenvalue weighted by atomic mass is 19.4. The minimum absolute atomic E-state index is 0.537. The van der Waals surface area contributed by atoms with Crippen LogP contribution in [0.25, 0.3) is 0 Å². The number of nitrogens with one attached hydrogen (secondary N) is 1. The first-order valence-corrected chi connectivity index (χ1v) is 5.01. The number of aromatic nitrogens is 1. The molecule has 0 spiro atoms. The summed E-state index contributed by atoms with van der Waals surface area (Å²) in [6.07, 6.45) is -4.53. The van der Waals surface area contributed by atoms with Crippen LogP contribution in [0.3, 0.4) is 0 Å². The second-order valence-electron chi connectivity index (χ2n) is 3.87. The predicted octanol–water partition coefficient (Wildman–Crippen LogP) is 2.19. The Balaban J connectivity index is 2.98. The molecule has 0 fully saturated rings. The van der Waals surface area contributed by atoms with E-state index in [0.29, 0.717) is 10.2 Å². The van der Waals surface area contributed by atoms with E-state index in [2.05, 4.69) is 0 Å². The number of alkyl halides is 7. The molecule has 3 nitrogen and oxygen atoms in total. The van der Waals surface area contributed by atoms with Crippen LogP contribution in [0.1, 0.15) is 5.56 Å². The summed E-state index contributed by atoms with van der Waals surface area (Å²) >= 11 is 0. The fourth-order valence-corrected chi connectivity index (χ4v) is 1.08. The predicted molar refractivity (Wildman–Crippen MR) is 51.7 cm³/mol. The van der Waals surface area contributed by atoms with Gasteiger partial charge in [-0.1, -0.05) is 4.68 Å². The molecule has 10 heteroatoms. The summed E-state index contributed by atoms with van der Waals surface area (Å²) in [6.45, 7) is 1.61. The Hall–Kier alpha value is -1.87. The summed E-state index contributed by atoms with van der Waals surface area (Å²) < 4.78 is 87.2. The number of carbonyl (C=O) groups excluding carboxylic acids is 1. The number of hydrogen-bond donors (Lipinski definition) is 1. The van der Waals surface area contributed by atoms with E-state index in [0.717, 1.165) is 12.4 Å². The van der Waals surface area contributed by atoms with Crippen LogP contribution in [0.2, 0.25) is 0 Å². The second-order valence-corrected chi connectivity index (χ2v) is 3.87. The zero-order valence-corrected chi connectivity index (χ0v) is 9.81. The standard InChI is InChI=1S/C10H7F7N2O/c1-6-2-4-19(5-3-6)18-7(20)8(11,12)9(13,14)10(15,16)17/h2-5H,1H3/p+1. The normalized spacial score (nSPS) is 13.2. The van der Waals surface area contributed by atoms with Crippen molar-refractivity contribution in [3.05, 3.63) is 30.1 Å². The molecule has 0 aliphatic heterocycles. The third-order valence-corrected chi connectivity index (χ3v) is 2.26. The van der Waals surface area contributed by atoms with Gasteiger partial charge in [-0.3, -0.25) is 4.79 Å². The van der Waals surface area contributed by atoms with Gasteiger partial charge in [-0.25, -0.2) is 0 Å². The first-order valence-electron chi connectivity index (χ1n) is 5.01. The van der Waals surface area contributed by atoms with Crippen molar-refractivity contribution in [1.29, 1.82) is 0 Å². The van der Waals surface area contributed by atoms with Gasteiger partial charge in [-0.2, -0.15) is 30.7 Å². The number of rotatable bonds is 3. The molecule has 1 aromatic heterocycles. The van der Waals surface area contributed by atoms with E-state index in [-0.39, 0.29) is 0 Å². The van der Waals surface area contributed by atoms with Gasteiger partial charge < -0.3 is 0 Å². The smallest absolute Gasteiger partial charge is 0.262 e. The van der Waals surface area contributed by atoms with Crippen molar-refractivity contribution < 1.29 is 40.2 Å². The number of carbonyl (C=O) groups is 1. The first kappa shape index (κ1) is 16.2. The number of nitrogens with zero attached hydrogens (tertiary/aromatic N) is 1. The van der Waals surface area contributed by atoms with Gasteiger partial charge >= 0.3 is 23.9 Å². The Morgan fingerprint density at radius 1 is 1.05 bits per heavy atom. The maximum atomic E-state index is 13.0. The average molecular weight is 305 g/mol. The van der Waals surface area contributed by atoms with E-state index in [1.807, 2.05) is 0 Å². The lowest BCUT2D eigenvalue weighted by Gasteiger charge is -2.25. The van der Waals surface area contributed by atoms with Crippen LogP contribution < -0.4 is 10.1 Å². The van der Waals surface area contributed by atoms with E-state index in [1.54, 1.807) is 6.92 Å². The molecular weight excluding hydrogens is 297 g/mol. The topological polar surface area (TPSA) is 33.0 Å². The molecule has 0 aliphatic rings. The maximum Gasteiger partial charge on any atom is 0.460 e. The lowest BCUT2D eigenvalue weighted by atomic mass is 10.1. The summed E-state index contributed by atoms with van der Waals surface area (Å²) in [7, 11) is 0. The monoisotopic (exact) mass is 305 g/mol. The Morgan fingerprint density at radius 2 is 1.50 bits per heavy atom. The van der Waals surface area contributed by atoms with Gasteiger partial charge in [0.1, 0.15) is 0 Å². The van der Waals surface area contributed by atoms with Gasteiger partial charge in [0, 0.05) is 12.1 Å². The molecule has 0 radical (unpaired) electrons. The van der Waals surface area contributed by atoms with E-state index < -0.39 is 23.9 Å². The summed E-state index contributed by atoms with van der Waals surface area (Å²) in [6, 6.07) is 2.64. The fraction of sp³-hybridized carbons (Fsp3) is 0.400. The molecule has 0 saturated heterocycles. The van der Waals surface area contributed by atoms with Gasteiger partial charge in [0.25, 0.3) is 0 Å². The van der Waals surface area contributed by atoms with E-state index in [1.165, 1.54) is 17.6 Å². The van der Waals surface area contributed by atoms with Crippen molar-refractivity contribution in [3.63, 3.8) is 0 Å². The highest BCUT2D eigenvalue weighted by Gasteiger charge is 2.77. The van der Waals surface area contributed by atoms with Gasteiger partial charge in [-0.15, -0.1) is 5.43 Å². The summed E-state index contributed by atoms with van der Waals surface area (Å²) in [5.74, 6) is -15.2. The van der Waals surface area contributed by atoms with Crippen molar-refractivity contribution in [2.75, 3.05) is 5.43 Å². The largest absolute Gasteiger partial charge is 0.460 e. The Morgan fingerprint density at radius 3 is 1.90 bits per heavy atom. The zero-order chi connectivity index (χ0) is 15.8. The third kappa shape index (κ3) is 2.83. The van der Waals surface area contributed by atoms with Crippen molar-refractivity contribution >= 4 is 5.91 Å². The minimum atomic E-state index is -6.55. The van der Waals surface area contributed by atoms with Gasteiger partial charge in [0.05, 0.1) is 0 Å². The summed E-state index contributed by atoms with van der Waals surface area (Å²) in [5, 5.41) is 0. The van der Waals surface area contributed by atoms with Crippen molar-refractivity contribution in [2.45, 2.75) is 24.9 Å². The Kier molecular flexibility index (Phi) is 3.97. The maximum absolute atomic E-state index is 13.0. The Labute approximate surface area is 108 Å². The minimum Gasteiger partial charge on any atom is -0.262 e. The van der Waals surface area contributed by atoms with E-state index in [9.17, 15) is 35.5 Å². The number of hydrogen-bond acceptors (Lipinski definition) is 1. The fourth-order valence-electron chi connectivity index (χ4n) is 1.08. The number of amides is 1. The lowest BCUT2D eigenvalue weighted by Crippen LogP contribution is -2.62. The molecule has 20 heavy (non-hydrogen) atoms. The van der Waals surface area contributed by atoms with E-state index >= 15 is 0 Å². The van der Waals surface area contributed by atoms with Crippen LogP contribution in [0.15, 0.2) is 24.5 Å². The molecule has 0 saturated carbocycles. The summed E-state index contributed by atoms with van der Waals surface area (Å²) in [4.78, 5) is 11.0. The van der Waals surface area contributed by atoms with Crippen LogP contribution in [0.4, 0.5) is 30.7 Å². The quantitative estimate of drug-likeness (QED) is 0.674. The highest BCUT2D eigenvalue weighted by Crippen LogP contribution is 2.46. The average Bonchev–Trinajstić information content (AvgIpc) is 2.30. The molecule has 1 heterocycles. The first-order chi connectivity index (χ1) is 8.89. The van der Waals surface area contributed by atoms with Crippen LogP contribution >= 0.6 is 0 Å². The molecule has 1 aromatic rings. The second kappa shape index (κ2) is 4.91. The van der Waals surface area contributed by atoms with Crippen LogP contribution in [-0.2, 0) is 4.79 Å². The highest BCUT2D eigenvalue weighted by molar-refractivity contribution is 5.90.